The number of carbonyl (C=O) groups is 1. The van der Waals surface area contributed by atoms with Crippen molar-refractivity contribution >= 4 is 16.9 Å². The van der Waals surface area contributed by atoms with Crippen molar-refractivity contribution in [1.29, 1.82) is 0 Å². The zero-order valence-electron chi connectivity index (χ0n) is 17.7. The summed E-state index contributed by atoms with van der Waals surface area (Å²) in [5.74, 6) is 0.471. The van der Waals surface area contributed by atoms with Crippen LogP contribution in [0.4, 0.5) is 0 Å². The molecule has 162 valence electrons. The molecule has 6 nitrogen and oxygen atoms in total. The first-order chi connectivity index (χ1) is 15.6. The Morgan fingerprint density at radius 2 is 1.72 bits per heavy atom. The van der Waals surface area contributed by atoms with E-state index in [9.17, 15) is 9.59 Å². The van der Waals surface area contributed by atoms with Crippen molar-refractivity contribution in [3.05, 3.63) is 94.8 Å². The van der Waals surface area contributed by atoms with Gasteiger partial charge >= 0.3 is 5.97 Å². The fourth-order valence-electron chi connectivity index (χ4n) is 3.47. The standard InChI is InChI=1S/C26H22O6/c1-3-30-26(28)25(17-9-5-4-6-10-17)32-18-13-14-20-23(15-18)31-16-21(24(20)27)19-11-7-8-12-22(19)29-2/h4-16,25H,3H2,1-2H3/t25-/m0/s1. The van der Waals surface area contributed by atoms with Gasteiger partial charge in [0, 0.05) is 17.2 Å². The lowest BCUT2D eigenvalue weighted by Crippen LogP contribution is -2.21. The van der Waals surface area contributed by atoms with E-state index in [1.807, 2.05) is 30.3 Å². The van der Waals surface area contributed by atoms with Gasteiger partial charge in [0.25, 0.3) is 0 Å². The van der Waals surface area contributed by atoms with Crippen molar-refractivity contribution in [1.82, 2.24) is 0 Å². The van der Waals surface area contributed by atoms with Gasteiger partial charge in [0.2, 0.25) is 11.5 Å². The molecule has 4 rings (SSSR count). The maximum Gasteiger partial charge on any atom is 0.352 e. The zero-order valence-corrected chi connectivity index (χ0v) is 17.7. The molecule has 0 aliphatic rings. The summed E-state index contributed by atoms with van der Waals surface area (Å²) >= 11 is 0. The van der Waals surface area contributed by atoms with Crippen LogP contribution in [0.5, 0.6) is 11.5 Å². The third-order valence-electron chi connectivity index (χ3n) is 5.00. The summed E-state index contributed by atoms with van der Waals surface area (Å²) in [5, 5.41) is 0.396. The Bertz CT molecular complexity index is 1290. The van der Waals surface area contributed by atoms with E-state index in [-0.39, 0.29) is 12.0 Å². The fraction of sp³-hybridized carbons (Fsp3) is 0.154. The molecule has 0 aliphatic carbocycles. The molecule has 0 radical (unpaired) electrons. The number of para-hydroxylation sites is 1. The van der Waals surface area contributed by atoms with Crippen LogP contribution in [-0.4, -0.2) is 19.7 Å². The highest BCUT2D eigenvalue weighted by Crippen LogP contribution is 2.30. The molecule has 6 heteroatoms. The molecule has 1 aromatic heterocycles. The molecule has 0 N–H and O–H groups in total. The minimum absolute atomic E-state index is 0.188. The van der Waals surface area contributed by atoms with Crippen molar-refractivity contribution in [2.75, 3.05) is 13.7 Å². The summed E-state index contributed by atoms with van der Waals surface area (Å²) in [5.41, 5.74) is 1.88. The van der Waals surface area contributed by atoms with Gasteiger partial charge in [0.1, 0.15) is 23.3 Å². The maximum absolute atomic E-state index is 13.1. The Morgan fingerprint density at radius 1 is 0.969 bits per heavy atom. The third kappa shape index (κ3) is 4.21. The fourth-order valence-corrected chi connectivity index (χ4v) is 3.47. The number of hydrogen-bond acceptors (Lipinski definition) is 6. The average molecular weight is 430 g/mol. The predicted octanol–water partition coefficient (Wildman–Crippen LogP) is 5.15. The van der Waals surface area contributed by atoms with Crippen LogP contribution in [0.15, 0.2) is 88.3 Å². The summed E-state index contributed by atoms with van der Waals surface area (Å²) in [7, 11) is 1.55. The summed E-state index contributed by atoms with van der Waals surface area (Å²) in [6.45, 7) is 1.98. The first-order valence-electron chi connectivity index (χ1n) is 10.2. The van der Waals surface area contributed by atoms with Crippen molar-refractivity contribution in [2.45, 2.75) is 13.0 Å². The van der Waals surface area contributed by atoms with E-state index in [1.165, 1.54) is 6.26 Å². The van der Waals surface area contributed by atoms with E-state index >= 15 is 0 Å². The SMILES string of the molecule is CCOC(=O)[C@@H](Oc1ccc2c(=O)c(-c3ccccc3OC)coc2c1)c1ccccc1. The molecule has 0 saturated carbocycles. The van der Waals surface area contributed by atoms with Crippen LogP contribution in [0.3, 0.4) is 0 Å². The number of carbonyl (C=O) groups excluding carboxylic acids is 1. The Labute approximate surface area is 185 Å². The van der Waals surface area contributed by atoms with Crippen LogP contribution in [0.2, 0.25) is 0 Å². The number of ether oxygens (including phenoxy) is 3. The third-order valence-corrected chi connectivity index (χ3v) is 5.00. The highest BCUT2D eigenvalue weighted by Gasteiger charge is 2.24. The Kier molecular flexibility index (Phi) is 6.22. The topological polar surface area (TPSA) is 75.0 Å². The van der Waals surface area contributed by atoms with E-state index in [2.05, 4.69) is 0 Å². The van der Waals surface area contributed by atoms with E-state index in [4.69, 9.17) is 18.6 Å². The Morgan fingerprint density at radius 3 is 2.47 bits per heavy atom. The Hall–Kier alpha value is -4.06. The van der Waals surface area contributed by atoms with E-state index < -0.39 is 12.1 Å². The molecule has 4 aromatic rings. The predicted molar refractivity (Wildman–Crippen MR) is 121 cm³/mol. The largest absolute Gasteiger partial charge is 0.496 e. The molecule has 0 amide bonds. The average Bonchev–Trinajstić information content (AvgIpc) is 2.83. The second kappa shape index (κ2) is 9.39. The summed E-state index contributed by atoms with van der Waals surface area (Å²) < 4.78 is 22.3. The second-order valence-electron chi connectivity index (χ2n) is 7.00. The second-order valence-corrected chi connectivity index (χ2v) is 7.00. The summed E-state index contributed by atoms with van der Waals surface area (Å²) in [4.78, 5) is 25.6. The molecule has 0 saturated heterocycles. The Balaban J connectivity index is 1.71. The molecule has 1 heterocycles. The summed E-state index contributed by atoms with van der Waals surface area (Å²) in [6.07, 6.45) is 0.472. The first kappa shape index (κ1) is 21.2. The van der Waals surface area contributed by atoms with Crippen LogP contribution >= 0.6 is 0 Å². The number of fused-ring (bicyclic) bond motifs is 1. The van der Waals surface area contributed by atoms with Gasteiger partial charge in [-0.2, -0.15) is 0 Å². The number of benzene rings is 3. The number of rotatable bonds is 7. The minimum Gasteiger partial charge on any atom is -0.496 e. The van der Waals surface area contributed by atoms with Gasteiger partial charge in [0.15, 0.2) is 0 Å². The van der Waals surface area contributed by atoms with Gasteiger partial charge in [-0.25, -0.2) is 4.79 Å². The van der Waals surface area contributed by atoms with E-state index in [0.29, 0.717) is 39.2 Å². The minimum atomic E-state index is -0.937. The number of hydrogen-bond donors (Lipinski definition) is 0. The lowest BCUT2D eigenvalue weighted by atomic mass is 10.0. The lowest BCUT2D eigenvalue weighted by Gasteiger charge is -2.18. The van der Waals surface area contributed by atoms with Crippen LogP contribution in [0.1, 0.15) is 18.6 Å². The van der Waals surface area contributed by atoms with Gasteiger partial charge in [-0.1, -0.05) is 48.5 Å². The van der Waals surface area contributed by atoms with Crippen molar-refractivity contribution in [2.24, 2.45) is 0 Å². The van der Waals surface area contributed by atoms with Crippen LogP contribution in [0, 0.1) is 0 Å². The highest BCUT2D eigenvalue weighted by atomic mass is 16.6. The molecular formula is C26H22O6. The van der Waals surface area contributed by atoms with Gasteiger partial charge in [-0.05, 0) is 25.1 Å². The van der Waals surface area contributed by atoms with Crippen molar-refractivity contribution in [3.8, 4) is 22.6 Å². The monoisotopic (exact) mass is 430 g/mol. The van der Waals surface area contributed by atoms with Crippen molar-refractivity contribution < 1.29 is 23.4 Å². The van der Waals surface area contributed by atoms with Crippen LogP contribution in [0.25, 0.3) is 22.1 Å². The molecule has 3 aromatic carbocycles. The molecule has 0 spiro atoms. The van der Waals surface area contributed by atoms with Crippen molar-refractivity contribution in [3.63, 3.8) is 0 Å². The molecule has 32 heavy (non-hydrogen) atoms. The maximum atomic E-state index is 13.1. The van der Waals surface area contributed by atoms with Gasteiger partial charge in [0.05, 0.1) is 24.7 Å². The molecule has 0 bridgehead atoms. The first-order valence-corrected chi connectivity index (χ1v) is 10.2. The summed E-state index contributed by atoms with van der Waals surface area (Å²) in [6, 6.07) is 21.2. The molecule has 0 unspecified atom stereocenters. The molecular weight excluding hydrogens is 408 g/mol. The normalized spacial score (nSPS) is 11.7. The van der Waals surface area contributed by atoms with E-state index in [1.54, 1.807) is 56.5 Å². The van der Waals surface area contributed by atoms with Gasteiger partial charge in [-0.15, -0.1) is 0 Å². The van der Waals surface area contributed by atoms with Crippen LogP contribution < -0.4 is 14.9 Å². The molecule has 0 fully saturated rings. The van der Waals surface area contributed by atoms with E-state index in [0.717, 1.165) is 0 Å². The highest BCUT2D eigenvalue weighted by molar-refractivity contribution is 5.84. The van der Waals surface area contributed by atoms with Crippen LogP contribution in [-0.2, 0) is 9.53 Å². The lowest BCUT2D eigenvalue weighted by molar-refractivity contribution is -0.151. The molecule has 1 atom stereocenters. The number of esters is 1. The zero-order chi connectivity index (χ0) is 22.5. The van der Waals surface area contributed by atoms with Gasteiger partial charge < -0.3 is 18.6 Å². The quantitative estimate of drug-likeness (QED) is 0.378. The number of methoxy groups -OCH3 is 1. The molecule has 0 aliphatic heterocycles. The smallest absolute Gasteiger partial charge is 0.352 e. The van der Waals surface area contributed by atoms with Gasteiger partial charge in [-0.3, -0.25) is 4.79 Å².